The van der Waals surface area contributed by atoms with Crippen LogP contribution < -0.4 is 10.6 Å². The Morgan fingerprint density at radius 2 is 1.82 bits per heavy atom. The molecule has 2 aliphatic rings. The molecule has 4 atom stereocenters. The molecule has 2 bridgehead atoms. The molecule has 22 heavy (non-hydrogen) atoms. The average Bonchev–Trinajstić information content (AvgIpc) is 2.65. The highest BCUT2D eigenvalue weighted by Gasteiger charge is 2.21. The van der Waals surface area contributed by atoms with Crippen LogP contribution in [0.5, 0.6) is 0 Å². The number of nitrogens with zero attached hydrogens (tertiary/aromatic N) is 3. The summed E-state index contributed by atoms with van der Waals surface area (Å²) < 4.78 is 0. The lowest BCUT2D eigenvalue weighted by atomic mass is 10.1. The number of fused-ring (bicyclic) bond motifs is 3. The average molecular weight is 303 g/mol. The van der Waals surface area contributed by atoms with Crippen molar-refractivity contribution in [3.8, 4) is 0 Å². The number of nitrogens with one attached hydrogen (secondary N) is 2. The molecule has 0 amide bonds. The minimum atomic E-state index is 0.492. The van der Waals surface area contributed by atoms with E-state index in [-0.39, 0.29) is 0 Å². The van der Waals surface area contributed by atoms with Crippen molar-refractivity contribution in [1.29, 1.82) is 0 Å². The van der Waals surface area contributed by atoms with Crippen LogP contribution in [0.3, 0.4) is 0 Å². The summed E-state index contributed by atoms with van der Waals surface area (Å²) in [6, 6.07) is 7.29. The van der Waals surface area contributed by atoms with Crippen LogP contribution in [0.1, 0.15) is 12.6 Å². The Morgan fingerprint density at radius 1 is 1.05 bits per heavy atom. The van der Waals surface area contributed by atoms with Crippen LogP contribution in [-0.4, -0.2) is 79.2 Å². The highest BCUT2D eigenvalue weighted by Crippen LogP contribution is 2.06. The fourth-order valence-electron chi connectivity index (χ4n) is 3.50. The van der Waals surface area contributed by atoms with Gasteiger partial charge in [-0.3, -0.25) is 14.8 Å². The van der Waals surface area contributed by atoms with Gasteiger partial charge in [0.1, 0.15) is 0 Å². The monoisotopic (exact) mass is 303 g/mol. The molecule has 0 radical (unpaired) electrons. The second kappa shape index (κ2) is 8.02. The number of hydrogen-bond donors (Lipinski definition) is 2. The van der Waals surface area contributed by atoms with E-state index >= 15 is 0 Å². The Labute approximate surface area is 134 Å². The van der Waals surface area contributed by atoms with Gasteiger partial charge in [0.25, 0.3) is 0 Å². The van der Waals surface area contributed by atoms with Gasteiger partial charge in [-0.25, -0.2) is 0 Å². The first-order valence-electron chi connectivity index (χ1n) is 8.61. The second-order valence-electron chi connectivity index (χ2n) is 6.63. The van der Waals surface area contributed by atoms with Crippen molar-refractivity contribution in [3.05, 3.63) is 30.1 Å². The Hall–Kier alpha value is -1.01. The minimum Gasteiger partial charge on any atom is -0.312 e. The van der Waals surface area contributed by atoms with Gasteiger partial charge in [-0.2, -0.15) is 0 Å². The lowest BCUT2D eigenvalue weighted by Gasteiger charge is -2.27. The normalized spacial score (nSPS) is 33.9. The highest BCUT2D eigenvalue weighted by atomic mass is 15.3. The maximum atomic E-state index is 4.49. The Kier molecular flexibility index (Phi) is 5.78. The molecule has 3 heterocycles. The number of pyridine rings is 1. The van der Waals surface area contributed by atoms with Gasteiger partial charge in [-0.15, -0.1) is 0 Å². The number of rotatable bonds is 2. The van der Waals surface area contributed by atoms with E-state index in [0.29, 0.717) is 12.1 Å². The Balaban J connectivity index is 1.65. The lowest BCUT2D eigenvalue weighted by Crippen LogP contribution is -2.46. The molecule has 2 aliphatic heterocycles. The first kappa shape index (κ1) is 15.9. The predicted molar refractivity (Wildman–Crippen MR) is 90.1 cm³/mol. The molecule has 3 rings (SSSR count). The van der Waals surface area contributed by atoms with Gasteiger partial charge < -0.3 is 10.6 Å². The van der Waals surface area contributed by atoms with Crippen LogP contribution in [0.25, 0.3) is 0 Å². The smallest absolute Gasteiger partial charge is 0.0419 e. The summed E-state index contributed by atoms with van der Waals surface area (Å²) in [6.07, 6.45) is 2.91. The first-order valence-corrected chi connectivity index (χ1v) is 8.61. The largest absolute Gasteiger partial charge is 0.312 e. The van der Waals surface area contributed by atoms with E-state index in [4.69, 9.17) is 0 Å². The molecule has 0 spiro atoms. The standard InChI is InChI=1S/C17H29N5/c1-15-13-21-9-7-20-17(12-16-4-2-3-5-19-16)14-22(11-10-21)8-6-18-15/h2-5,15,17-18,20H,6-14H2,1H3. The van der Waals surface area contributed by atoms with Gasteiger partial charge in [0.2, 0.25) is 0 Å². The van der Waals surface area contributed by atoms with Crippen LogP contribution in [0, 0.1) is 0 Å². The fourth-order valence-corrected chi connectivity index (χ4v) is 3.50. The van der Waals surface area contributed by atoms with Gasteiger partial charge in [0.05, 0.1) is 0 Å². The van der Waals surface area contributed by atoms with E-state index in [0.717, 1.165) is 45.7 Å². The van der Waals surface area contributed by atoms with E-state index in [1.54, 1.807) is 0 Å². The molecule has 2 saturated heterocycles. The quantitative estimate of drug-likeness (QED) is 0.817. The van der Waals surface area contributed by atoms with Gasteiger partial charge in [-0.1, -0.05) is 6.07 Å². The third-order valence-electron chi connectivity index (χ3n) is 4.71. The van der Waals surface area contributed by atoms with Crippen molar-refractivity contribution < 1.29 is 0 Å². The molecule has 122 valence electrons. The maximum Gasteiger partial charge on any atom is 0.0419 e. The molecule has 5 heteroatoms. The zero-order valence-corrected chi connectivity index (χ0v) is 13.7. The summed E-state index contributed by atoms with van der Waals surface area (Å²) in [7, 11) is 0. The molecule has 2 fully saturated rings. The van der Waals surface area contributed by atoms with Crippen LogP contribution in [0.4, 0.5) is 0 Å². The Bertz CT molecular complexity index is 438. The summed E-state index contributed by atoms with van der Waals surface area (Å²) >= 11 is 0. The maximum absolute atomic E-state index is 4.49. The van der Waals surface area contributed by atoms with Crippen molar-refractivity contribution in [3.63, 3.8) is 0 Å². The number of aromatic nitrogens is 1. The van der Waals surface area contributed by atoms with Gasteiger partial charge in [-0.05, 0) is 19.1 Å². The van der Waals surface area contributed by atoms with E-state index in [9.17, 15) is 0 Å². The van der Waals surface area contributed by atoms with E-state index < -0.39 is 0 Å². The van der Waals surface area contributed by atoms with Crippen molar-refractivity contribution >= 4 is 0 Å². The summed E-state index contributed by atoms with van der Waals surface area (Å²) in [5.41, 5.74) is 1.19. The zero-order chi connectivity index (χ0) is 15.2. The molecule has 0 aromatic carbocycles. The highest BCUT2D eigenvalue weighted by molar-refractivity contribution is 5.05. The molecular weight excluding hydrogens is 274 g/mol. The number of hydrogen-bond acceptors (Lipinski definition) is 5. The SMILES string of the molecule is CC1CN2CCNC(Cc3ccccn3)CN(CCN1)CC2. The molecular formula is C17H29N5. The summed E-state index contributed by atoms with van der Waals surface area (Å²) in [4.78, 5) is 9.68. The molecule has 5 nitrogen and oxygen atoms in total. The molecule has 0 saturated carbocycles. The molecule has 2 N–H and O–H groups in total. The first-order chi connectivity index (χ1) is 10.8. The minimum absolute atomic E-state index is 0.492. The summed E-state index contributed by atoms with van der Waals surface area (Å²) in [5, 5.41) is 7.41. The van der Waals surface area contributed by atoms with Crippen LogP contribution >= 0.6 is 0 Å². The van der Waals surface area contributed by atoms with E-state index in [2.05, 4.69) is 44.5 Å². The second-order valence-corrected chi connectivity index (χ2v) is 6.63. The van der Waals surface area contributed by atoms with Crippen LogP contribution in [0.15, 0.2) is 24.4 Å². The lowest BCUT2D eigenvalue weighted by molar-refractivity contribution is 0.223. The molecule has 4 unspecified atom stereocenters. The molecule has 0 aliphatic carbocycles. The fraction of sp³-hybridized carbons (Fsp3) is 0.706. The van der Waals surface area contributed by atoms with Crippen molar-refractivity contribution in [2.45, 2.75) is 25.4 Å². The van der Waals surface area contributed by atoms with E-state index in [1.165, 1.54) is 18.8 Å². The Morgan fingerprint density at radius 3 is 2.59 bits per heavy atom. The molecule has 1 aromatic rings. The summed E-state index contributed by atoms with van der Waals surface area (Å²) in [6.45, 7) is 11.4. The van der Waals surface area contributed by atoms with Crippen LogP contribution in [-0.2, 0) is 6.42 Å². The zero-order valence-electron chi connectivity index (χ0n) is 13.7. The van der Waals surface area contributed by atoms with Crippen LogP contribution in [0.2, 0.25) is 0 Å². The van der Waals surface area contributed by atoms with Crippen molar-refractivity contribution in [2.24, 2.45) is 0 Å². The topological polar surface area (TPSA) is 43.4 Å². The van der Waals surface area contributed by atoms with Crippen molar-refractivity contribution in [2.75, 3.05) is 52.4 Å². The summed E-state index contributed by atoms with van der Waals surface area (Å²) in [5.74, 6) is 0. The predicted octanol–water partition coefficient (Wildman–Crippen LogP) is 0.192. The molecule has 1 aromatic heterocycles. The third-order valence-corrected chi connectivity index (χ3v) is 4.71. The van der Waals surface area contributed by atoms with Gasteiger partial charge >= 0.3 is 0 Å². The van der Waals surface area contributed by atoms with Crippen molar-refractivity contribution in [1.82, 2.24) is 25.4 Å². The van der Waals surface area contributed by atoms with Gasteiger partial charge in [0, 0.05) is 82.8 Å². The third kappa shape index (κ3) is 4.74. The van der Waals surface area contributed by atoms with E-state index in [1.807, 2.05) is 12.3 Å². The van der Waals surface area contributed by atoms with Gasteiger partial charge in [0.15, 0.2) is 0 Å².